The first kappa shape index (κ1) is 16.8. The average Bonchev–Trinajstić information content (AvgIpc) is 2.70. The minimum absolute atomic E-state index is 0.0768. The van der Waals surface area contributed by atoms with E-state index >= 15 is 0 Å². The number of nitrogens with one attached hydrogen (secondary N) is 1. The highest BCUT2D eigenvalue weighted by atomic mass is 16.5. The van der Waals surface area contributed by atoms with Crippen LogP contribution >= 0.6 is 0 Å². The summed E-state index contributed by atoms with van der Waals surface area (Å²) in [6.07, 6.45) is 3.89. The highest BCUT2D eigenvalue weighted by Crippen LogP contribution is 2.22. The van der Waals surface area contributed by atoms with Crippen molar-refractivity contribution in [2.75, 3.05) is 5.32 Å². The number of benzene rings is 3. The van der Waals surface area contributed by atoms with Crippen molar-refractivity contribution >= 4 is 22.4 Å². The van der Waals surface area contributed by atoms with Gasteiger partial charge < -0.3 is 10.1 Å². The van der Waals surface area contributed by atoms with Crippen molar-refractivity contribution in [2.45, 2.75) is 6.54 Å². The van der Waals surface area contributed by atoms with Gasteiger partial charge in [0.05, 0.1) is 0 Å². The van der Waals surface area contributed by atoms with Crippen LogP contribution in [0.3, 0.4) is 0 Å². The molecule has 0 atom stereocenters. The molecule has 1 amide bonds. The topological polar surface area (TPSA) is 42.2 Å². The molecule has 4 heteroatoms. The monoisotopic (exact) mass is 355 g/mol. The Balaban J connectivity index is 1.38. The molecular weight excluding hydrogens is 336 g/mol. The average molecular weight is 355 g/mol. The van der Waals surface area contributed by atoms with Crippen molar-refractivity contribution in [3.8, 4) is 11.5 Å². The van der Waals surface area contributed by atoms with E-state index in [1.54, 1.807) is 0 Å². The molecule has 0 saturated carbocycles. The van der Waals surface area contributed by atoms with Gasteiger partial charge in [0.15, 0.2) is 12.4 Å². The highest BCUT2D eigenvalue weighted by molar-refractivity contribution is 5.89. The van der Waals surface area contributed by atoms with Crippen molar-refractivity contribution in [2.24, 2.45) is 0 Å². The predicted octanol–water partition coefficient (Wildman–Crippen LogP) is 4.56. The van der Waals surface area contributed by atoms with Crippen molar-refractivity contribution in [3.05, 3.63) is 97.3 Å². The maximum atomic E-state index is 12.3. The molecule has 1 aromatic heterocycles. The molecule has 0 saturated heterocycles. The molecule has 27 heavy (non-hydrogen) atoms. The molecule has 0 aliphatic rings. The molecule has 1 N–H and O–H groups in total. The fourth-order valence-electron chi connectivity index (χ4n) is 2.87. The Morgan fingerprint density at radius 1 is 0.778 bits per heavy atom. The molecule has 0 unspecified atom stereocenters. The van der Waals surface area contributed by atoms with Crippen molar-refractivity contribution in [3.63, 3.8) is 0 Å². The number of carbonyl (C=O) groups is 1. The molecule has 4 aromatic rings. The molecule has 4 nitrogen and oxygen atoms in total. The number of amides is 1. The number of hydrogen-bond acceptors (Lipinski definition) is 2. The Hall–Kier alpha value is -3.66. The van der Waals surface area contributed by atoms with Crippen LogP contribution in [-0.2, 0) is 11.3 Å². The molecule has 3 aromatic carbocycles. The van der Waals surface area contributed by atoms with Crippen LogP contribution in [0.1, 0.15) is 0 Å². The summed E-state index contributed by atoms with van der Waals surface area (Å²) in [7, 11) is 0. The van der Waals surface area contributed by atoms with Gasteiger partial charge in [-0.1, -0.05) is 36.4 Å². The van der Waals surface area contributed by atoms with Crippen LogP contribution in [0.4, 0.5) is 5.69 Å². The number of ether oxygens (including phenoxy) is 1. The van der Waals surface area contributed by atoms with Gasteiger partial charge in [0.1, 0.15) is 11.5 Å². The van der Waals surface area contributed by atoms with E-state index in [1.165, 1.54) is 0 Å². The maximum absolute atomic E-state index is 12.3. The lowest BCUT2D eigenvalue weighted by Gasteiger charge is -2.07. The van der Waals surface area contributed by atoms with E-state index in [0.717, 1.165) is 28.0 Å². The van der Waals surface area contributed by atoms with Crippen LogP contribution in [0.2, 0.25) is 0 Å². The van der Waals surface area contributed by atoms with Crippen molar-refractivity contribution in [1.29, 1.82) is 0 Å². The third-order valence-corrected chi connectivity index (χ3v) is 4.19. The third kappa shape index (κ3) is 4.30. The second-order valence-electron chi connectivity index (χ2n) is 6.23. The van der Waals surface area contributed by atoms with Gasteiger partial charge in [-0.25, -0.2) is 0 Å². The fourth-order valence-corrected chi connectivity index (χ4v) is 2.87. The summed E-state index contributed by atoms with van der Waals surface area (Å²) in [4.78, 5) is 12.3. The predicted molar refractivity (Wildman–Crippen MR) is 106 cm³/mol. The summed E-state index contributed by atoms with van der Waals surface area (Å²) in [5, 5.41) is 5.18. The number of anilines is 1. The lowest BCUT2D eigenvalue weighted by Crippen LogP contribution is -2.39. The first-order valence-corrected chi connectivity index (χ1v) is 8.77. The van der Waals surface area contributed by atoms with Crippen molar-refractivity contribution < 1.29 is 14.1 Å². The molecule has 1 heterocycles. The Morgan fingerprint density at radius 2 is 1.44 bits per heavy atom. The fraction of sp³-hybridized carbons (Fsp3) is 0.0435. The lowest BCUT2D eigenvalue weighted by molar-refractivity contribution is -0.682. The Labute approximate surface area is 157 Å². The summed E-state index contributed by atoms with van der Waals surface area (Å²) >= 11 is 0. The molecule has 4 rings (SSSR count). The number of pyridine rings is 1. The van der Waals surface area contributed by atoms with Gasteiger partial charge in [-0.15, -0.1) is 0 Å². The first-order valence-electron chi connectivity index (χ1n) is 8.77. The van der Waals surface area contributed by atoms with Gasteiger partial charge >= 0.3 is 0 Å². The van der Waals surface area contributed by atoms with Crippen LogP contribution in [0.5, 0.6) is 11.5 Å². The second kappa shape index (κ2) is 7.70. The molecule has 0 aliphatic heterocycles. The lowest BCUT2D eigenvalue weighted by atomic mass is 10.2. The van der Waals surface area contributed by atoms with E-state index in [-0.39, 0.29) is 12.5 Å². The van der Waals surface area contributed by atoms with Gasteiger partial charge in [0.2, 0.25) is 6.54 Å². The third-order valence-electron chi connectivity index (χ3n) is 4.19. The van der Waals surface area contributed by atoms with Gasteiger partial charge in [-0.05, 0) is 47.9 Å². The van der Waals surface area contributed by atoms with Gasteiger partial charge in [-0.2, -0.15) is 4.57 Å². The molecular formula is C23H19N2O2+. The standard InChI is InChI=1S/C23H18N2O2/c26-23(17-25-15-14-18-6-4-5-7-19(18)16-25)24-20-10-12-22(13-11-20)27-21-8-2-1-3-9-21/h1-16H,17H2/p+1. The summed E-state index contributed by atoms with van der Waals surface area (Å²) < 4.78 is 7.64. The van der Waals surface area contributed by atoms with Gasteiger partial charge in [-0.3, -0.25) is 4.79 Å². The zero-order valence-electron chi connectivity index (χ0n) is 14.7. The number of aromatic nitrogens is 1. The van der Waals surface area contributed by atoms with Crippen molar-refractivity contribution in [1.82, 2.24) is 0 Å². The minimum atomic E-state index is -0.0768. The maximum Gasteiger partial charge on any atom is 0.290 e. The molecule has 0 bridgehead atoms. The Morgan fingerprint density at radius 3 is 2.22 bits per heavy atom. The Kier molecular flexibility index (Phi) is 4.79. The number of carbonyl (C=O) groups excluding carboxylic acids is 1. The summed E-state index contributed by atoms with van der Waals surface area (Å²) in [5.74, 6) is 1.43. The van der Waals surface area contributed by atoms with Crippen LogP contribution < -0.4 is 14.6 Å². The number of fused-ring (bicyclic) bond motifs is 1. The molecule has 0 radical (unpaired) electrons. The van der Waals surface area contributed by atoms with E-state index in [0.29, 0.717) is 0 Å². The van der Waals surface area contributed by atoms with E-state index in [9.17, 15) is 4.79 Å². The van der Waals surface area contributed by atoms with Crippen LogP contribution in [0, 0.1) is 0 Å². The zero-order valence-corrected chi connectivity index (χ0v) is 14.7. The second-order valence-corrected chi connectivity index (χ2v) is 6.23. The highest BCUT2D eigenvalue weighted by Gasteiger charge is 2.10. The Bertz CT molecular complexity index is 1060. The van der Waals surface area contributed by atoms with Crippen LogP contribution in [0.25, 0.3) is 10.8 Å². The number of hydrogen-bond donors (Lipinski definition) is 1. The van der Waals surface area contributed by atoms with Gasteiger partial charge in [0, 0.05) is 17.1 Å². The van der Waals surface area contributed by atoms with E-state index < -0.39 is 0 Å². The van der Waals surface area contributed by atoms with Gasteiger partial charge in [0.25, 0.3) is 5.91 Å². The quantitative estimate of drug-likeness (QED) is 0.533. The minimum Gasteiger partial charge on any atom is -0.457 e. The number of para-hydroxylation sites is 1. The molecule has 132 valence electrons. The van der Waals surface area contributed by atoms with Crippen LogP contribution in [0.15, 0.2) is 97.3 Å². The van der Waals surface area contributed by atoms with Crippen LogP contribution in [-0.4, -0.2) is 5.91 Å². The molecule has 0 fully saturated rings. The summed E-state index contributed by atoms with van der Waals surface area (Å²) in [5.41, 5.74) is 0.738. The number of rotatable bonds is 5. The van der Waals surface area contributed by atoms with E-state index in [4.69, 9.17) is 4.74 Å². The SMILES string of the molecule is O=C(C[n+]1ccc2ccccc2c1)Nc1ccc(Oc2ccccc2)cc1. The smallest absolute Gasteiger partial charge is 0.290 e. The van der Waals surface area contributed by atoms with E-state index in [2.05, 4.69) is 11.4 Å². The molecule has 0 aliphatic carbocycles. The largest absolute Gasteiger partial charge is 0.457 e. The normalized spacial score (nSPS) is 10.5. The molecule has 0 spiro atoms. The zero-order chi connectivity index (χ0) is 18.5. The van der Waals surface area contributed by atoms with E-state index in [1.807, 2.05) is 95.8 Å². The first-order chi connectivity index (χ1) is 13.3. The summed E-state index contributed by atoms with van der Waals surface area (Å²) in [6, 6.07) is 27.0. The number of nitrogens with zero attached hydrogens (tertiary/aromatic N) is 1. The summed E-state index contributed by atoms with van der Waals surface area (Å²) in [6.45, 7) is 0.257.